The van der Waals surface area contributed by atoms with Crippen molar-refractivity contribution in [2.75, 3.05) is 0 Å². The molecule has 3 N–H and O–H groups in total. The second kappa shape index (κ2) is 11.9. The summed E-state index contributed by atoms with van der Waals surface area (Å²) < 4.78 is 5.14. The van der Waals surface area contributed by atoms with Crippen molar-refractivity contribution in [3.05, 3.63) is 70.8 Å². The van der Waals surface area contributed by atoms with E-state index in [0.717, 1.165) is 44.9 Å². The summed E-state index contributed by atoms with van der Waals surface area (Å²) in [5.41, 5.74) is 3.64. The third-order valence-corrected chi connectivity index (χ3v) is 10.4. The zero-order valence-electron chi connectivity index (χ0n) is 24.3. The quantitative estimate of drug-likeness (QED) is 0.168. The number of allylic oxidation sites excluding steroid dienone is 5. The molecule has 42 heavy (non-hydrogen) atoms. The number of benzene rings is 1. The molecule has 0 unspecified atom stereocenters. The highest BCUT2D eigenvalue weighted by Gasteiger charge is 2.54. The van der Waals surface area contributed by atoms with Gasteiger partial charge in [0.1, 0.15) is 6.61 Å². The number of carboxylic acid groups (broad SMARTS) is 2. The van der Waals surface area contributed by atoms with E-state index in [1.807, 2.05) is 12.1 Å². The molecule has 4 aliphatic carbocycles. The van der Waals surface area contributed by atoms with Crippen LogP contribution in [0.15, 0.2) is 65.3 Å². The van der Waals surface area contributed by atoms with Gasteiger partial charge in [-0.25, -0.2) is 14.4 Å². The molecule has 5 rings (SSSR count). The molecule has 2 fully saturated rings. The zero-order chi connectivity index (χ0) is 30.1. The number of unbranched alkanes of at least 4 members (excludes halogenated alkanes) is 1. The molecule has 224 valence electrons. The van der Waals surface area contributed by atoms with Crippen LogP contribution in [0.4, 0.5) is 4.79 Å². The molecule has 4 aliphatic rings. The maximum absolute atomic E-state index is 12.5. The Hall–Kier alpha value is -3.68. The van der Waals surface area contributed by atoms with Crippen molar-refractivity contribution >= 4 is 23.8 Å². The number of aliphatic carboxylic acids is 2. The van der Waals surface area contributed by atoms with E-state index in [0.29, 0.717) is 36.7 Å². The van der Waals surface area contributed by atoms with E-state index < -0.39 is 23.6 Å². The molecule has 0 heterocycles. The Morgan fingerprint density at radius 2 is 1.79 bits per heavy atom. The number of carbonyl (C=O) groups excluding carboxylic acids is 2. The highest BCUT2D eigenvalue weighted by atomic mass is 16.5. The SMILES string of the molecule is C=C1CC[C@H]2[C@@H]3CCC4=CC(=O)CCC4=C3[C@@H](CCCCC(NC(=O)OCc3ccccc3)(C(=O)O)C(=O)O)C[C@]12C. The number of carbonyl (C=O) groups is 4. The number of hydrogen-bond acceptors (Lipinski definition) is 5. The van der Waals surface area contributed by atoms with Crippen molar-refractivity contribution in [1.29, 1.82) is 0 Å². The molecule has 1 amide bonds. The number of ketones is 1. The fourth-order valence-corrected chi connectivity index (χ4v) is 8.18. The lowest BCUT2D eigenvalue weighted by Crippen LogP contribution is -2.60. The van der Waals surface area contributed by atoms with Crippen LogP contribution in [0.1, 0.15) is 83.1 Å². The number of ether oxygens (including phenoxy) is 1. The standard InChI is InChI=1S/C34H41NO7/c1-21-11-16-28-27-14-12-23-18-25(36)13-15-26(23)29(27)24(19-33(21,28)2)10-6-7-17-34(30(37)38,31(39)40)35-32(41)42-20-22-8-4-3-5-9-22/h3-5,8-9,18,24,27-28H,1,6-7,10-17,19-20H2,2H3,(H,35,41)(H,37,38)(H,39,40)/t24-,27-,28-,33+/m0/s1. The normalized spacial score (nSPS) is 27.0. The van der Waals surface area contributed by atoms with E-state index >= 15 is 0 Å². The first-order chi connectivity index (χ1) is 20.0. The highest BCUT2D eigenvalue weighted by molar-refractivity contribution is 6.05. The molecule has 0 spiro atoms. The van der Waals surface area contributed by atoms with Gasteiger partial charge in [0, 0.05) is 6.42 Å². The van der Waals surface area contributed by atoms with E-state index in [9.17, 15) is 29.4 Å². The zero-order valence-corrected chi connectivity index (χ0v) is 24.3. The third-order valence-electron chi connectivity index (χ3n) is 10.4. The third kappa shape index (κ3) is 5.55. The van der Waals surface area contributed by atoms with Crippen LogP contribution in [0, 0.1) is 23.2 Å². The summed E-state index contributed by atoms with van der Waals surface area (Å²) >= 11 is 0. The van der Waals surface area contributed by atoms with Gasteiger partial charge in [-0.2, -0.15) is 0 Å². The summed E-state index contributed by atoms with van der Waals surface area (Å²) in [6, 6.07) is 8.88. The molecule has 0 radical (unpaired) electrons. The molecule has 0 saturated heterocycles. The number of carboxylic acids is 2. The summed E-state index contributed by atoms with van der Waals surface area (Å²) in [4.78, 5) is 49.2. The number of hydrogen-bond donors (Lipinski definition) is 3. The van der Waals surface area contributed by atoms with E-state index in [2.05, 4.69) is 18.8 Å². The Labute approximate surface area is 246 Å². The molecular weight excluding hydrogens is 534 g/mol. The lowest BCUT2D eigenvalue weighted by molar-refractivity contribution is -0.159. The monoisotopic (exact) mass is 575 g/mol. The van der Waals surface area contributed by atoms with Crippen molar-refractivity contribution in [3.8, 4) is 0 Å². The predicted molar refractivity (Wildman–Crippen MR) is 156 cm³/mol. The van der Waals surface area contributed by atoms with Gasteiger partial charge in [0.15, 0.2) is 5.78 Å². The number of amides is 1. The summed E-state index contributed by atoms with van der Waals surface area (Å²) in [7, 11) is 0. The van der Waals surface area contributed by atoms with Gasteiger partial charge < -0.3 is 14.9 Å². The topological polar surface area (TPSA) is 130 Å². The van der Waals surface area contributed by atoms with Crippen LogP contribution < -0.4 is 5.32 Å². The Kier molecular flexibility index (Phi) is 8.44. The van der Waals surface area contributed by atoms with Crippen molar-refractivity contribution in [2.24, 2.45) is 23.2 Å². The van der Waals surface area contributed by atoms with Crippen molar-refractivity contribution in [3.63, 3.8) is 0 Å². The maximum Gasteiger partial charge on any atom is 0.408 e. The lowest BCUT2D eigenvalue weighted by atomic mass is 9.53. The van der Waals surface area contributed by atoms with Gasteiger partial charge in [0.05, 0.1) is 0 Å². The minimum absolute atomic E-state index is 0.0566. The average Bonchev–Trinajstić information content (AvgIpc) is 3.26. The second-order valence-electron chi connectivity index (χ2n) is 12.7. The first-order valence-electron chi connectivity index (χ1n) is 15.2. The van der Waals surface area contributed by atoms with Gasteiger partial charge in [-0.05, 0) is 104 Å². The van der Waals surface area contributed by atoms with E-state index in [4.69, 9.17) is 4.74 Å². The first-order valence-corrected chi connectivity index (χ1v) is 15.2. The molecule has 0 bridgehead atoms. The lowest BCUT2D eigenvalue weighted by Gasteiger charge is -2.51. The largest absolute Gasteiger partial charge is 0.479 e. The van der Waals surface area contributed by atoms with Crippen molar-refractivity contribution in [1.82, 2.24) is 5.32 Å². The first kappa shape index (κ1) is 29.8. The van der Waals surface area contributed by atoms with Crippen LogP contribution in [-0.2, 0) is 25.7 Å². The van der Waals surface area contributed by atoms with Crippen LogP contribution in [0.2, 0.25) is 0 Å². The molecule has 0 aromatic heterocycles. The predicted octanol–water partition coefficient (Wildman–Crippen LogP) is 6.37. The van der Waals surface area contributed by atoms with Crippen LogP contribution in [0.5, 0.6) is 0 Å². The van der Waals surface area contributed by atoms with Gasteiger partial charge in [0.25, 0.3) is 0 Å². The molecule has 8 nitrogen and oxygen atoms in total. The number of nitrogens with one attached hydrogen (secondary N) is 1. The average molecular weight is 576 g/mol. The molecule has 4 atom stereocenters. The van der Waals surface area contributed by atoms with Gasteiger partial charge in [-0.3, -0.25) is 10.1 Å². The number of alkyl carbamates (subject to hydrolysis) is 1. The van der Waals surface area contributed by atoms with E-state index in [-0.39, 0.29) is 30.1 Å². The summed E-state index contributed by atoms with van der Waals surface area (Å²) in [6.45, 7) is 6.70. The van der Waals surface area contributed by atoms with Crippen LogP contribution in [-0.4, -0.2) is 39.6 Å². The Bertz CT molecular complexity index is 1330. The van der Waals surface area contributed by atoms with Gasteiger partial charge in [0.2, 0.25) is 5.54 Å². The summed E-state index contributed by atoms with van der Waals surface area (Å²) in [5, 5.41) is 22.0. The molecule has 1 aromatic carbocycles. The van der Waals surface area contributed by atoms with Gasteiger partial charge in [-0.1, -0.05) is 61.4 Å². The fraction of sp³-hybridized carbons (Fsp3) is 0.529. The molecular formula is C34H41NO7. The van der Waals surface area contributed by atoms with Crippen LogP contribution >= 0.6 is 0 Å². The maximum atomic E-state index is 12.5. The van der Waals surface area contributed by atoms with Gasteiger partial charge >= 0.3 is 18.0 Å². The minimum Gasteiger partial charge on any atom is -0.479 e. The Balaban J connectivity index is 1.29. The summed E-state index contributed by atoms with van der Waals surface area (Å²) in [5.74, 6) is -1.76. The van der Waals surface area contributed by atoms with Gasteiger partial charge in [-0.15, -0.1) is 0 Å². The molecule has 2 saturated carbocycles. The Morgan fingerprint density at radius 1 is 1.05 bits per heavy atom. The van der Waals surface area contributed by atoms with E-state index in [1.54, 1.807) is 24.3 Å². The molecule has 1 aromatic rings. The second-order valence-corrected chi connectivity index (χ2v) is 12.7. The smallest absolute Gasteiger partial charge is 0.408 e. The molecule has 0 aliphatic heterocycles. The van der Waals surface area contributed by atoms with Crippen LogP contribution in [0.3, 0.4) is 0 Å². The Morgan fingerprint density at radius 3 is 2.50 bits per heavy atom. The minimum atomic E-state index is -2.48. The van der Waals surface area contributed by atoms with E-state index in [1.165, 1.54) is 22.3 Å². The van der Waals surface area contributed by atoms with Crippen molar-refractivity contribution < 1.29 is 34.1 Å². The summed E-state index contributed by atoms with van der Waals surface area (Å²) in [6.07, 6.45) is 8.68. The van der Waals surface area contributed by atoms with Crippen LogP contribution in [0.25, 0.3) is 0 Å². The highest BCUT2D eigenvalue weighted by Crippen LogP contribution is 2.63. The number of rotatable bonds is 10. The number of fused-ring (bicyclic) bond motifs is 4. The molecule has 8 heteroatoms. The van der Waals surface area contributed by atoms with Crippen molar-refractivity contribution in [2.45, 2.75) is 89.7 Å². The fourth-order valence-electron chi connectivity index (χ4n) is 8.18.